The zero-order chi connectivity index (χ0) is 24.9. The van der Waals surface area contributed by atoms with E-state index in [0.29, 0.717) is 18.9 Å². The predicted molar refractivity (Wildman–Crippen MR) is 132 cm³/mol. The molecule has 0 bridgehead atoms. The minimum Gasteiger partial charge on any atom is -0.480 e. The van der Waals surface area contributed by atoms with Gasteiger partial charge in [0, 0.05) is 19.0 Å². The maximum absolute atomic E-state index is 13.3. The number of carbonyl (C=O) groups excluding carboxylic acids is 2. The molecule has 1 saturated carbocycles. The molecule has 1 unspecified atom stereocenters. The topological polar surface area (TPSA) is 99.2 Å². The molecule has 0 spiro atoms. The van der Waals surface area contributed by atoms with Crippen LogP contribution in [0.3, 0.4) is 0 Å². The molecule has 2 amide bonds. The van der Waals surface area contributed by atoms with Crippen LogP contribution in [0, 0.1) is 5.92 Å². The van der Waals surface area contributed by atoms with Crippen molar-refractivity contribution in [3.05, 3.63) is 59.7 Å². The van der Waals surface area contributed by atoms with Crippen LogP contribution in [0.5, 0.6) is 0 Å². The molecule has 8 heteroatoms. The van der Waals surface area contributed by atoms with E-state index in [1.165, 1.54) is 4.90 Å². The highest BCUT2D eigenvalue weighted by Crippen LogP contribution is 2.44. The molecule has 186 valence electrons. The summed E-state index contributed by atoms with van der Waals surface area (Å²) in [6, 6.07) is 15.4. The first-order valence-electron chi connectivity index (χ1n) is 12.1. The summed E-state index contributed by atoms with van der Waals surface area (Å²) in [6.07, 6.45) is 1.84. The molecule has 35 heavy (non-hydrogen) atoms. The van der Waals surface area contributed by atoms with Gasteiger partial charge in [-0.15, -0.1) is 0 Å². The van der Waals surface area contributed by atoms with Gasteiger partial charge in [-0.05, 0) is 48.7 Å². The molecule has 2 aromatic rings. The number of nitrogens with one attached hydrogen (secondary N) is 1. The lowest BCUT2D eigenvalue weighted by atomic mass is 9.98. The minimum atomic E-state index is -1.08. The molecule has 4 rings (SSSR count). The average molecular weight is 480 g/mol. The van der Waals surface area contributed by atoms with Crippen LogP contribution < -0.4 is 5.32 Å². The van der Waals surface area contributed by atoms with Gasteiger partial charge in [-0.25, -0.2) is 4.79 Å². The van der Waals surface area contributed by atoms with E-state index in [4.69, 9.17) is 4.74 Å². The molecule has 2 aromatic carbocycles. The number of carboxylic acid groups (broad SMARTS) is 1. The Bertz CT molecular complexity index is 1040. The van der Waals surface area contributed by atoms with Crippen molar-refractivity contribution >= 4 is 18.0 Å². The normalized spacial score (nSPS) is 15.3. The number of nitrogens with zero attached hydrogens (tertiary/aromatic N) is 2. The number of carbonyl (C=O) groups is 3. The van der Waals surface area contributed by atoms with Crippen LogP contribution >= 0.6 is 0 Å². The van der Waals surface area contributed by atoms with Crippen molar-refractivity contribution < 1.29 is 24.2 Å². The number of aliphatic carboxylic acids is 1. The molecule has 0 saturated heterocycles. The largest absolute Gasteiger partial charge is 0.480 e. The fourth-order valence-corrected chi connectivity index (χ4v) is 4.66. The lowest BCUT2D eigenvalue weighted by Gasteiger charge is -2.28. The molecule has 2 aliphatic rings. The van der Waals surface area contributed by atoms with Gasteiger partial charge in [0.05, 0.1) is 0 Å². The lowest BCUT2D eigenvalue weighted by molar-refractivity contribution is -0.145. The summed E-state index contributed by atoms with van der Waals surface area (Å²) in [5.41, 5.74) is 4.51. The van der Waals surface area contributed by atoms with Crippen molar-refractivity contribution in [2.24, 2.45) is 5.92 Å². The Morgan fingerprint density at radius 1 is 1.00 bits per heavy atom. The van der Waals surface area contributed by atoms with Gasteiger partial charge in [-0.3, -0.25) is 9.59 Å². The number of carboxylic acids is 1. The standard InChI is InChI=1S/C27H33N3O5/c1-29(2)13-14-30(16-25(31)32)26(33)24(15-18-11-12-18)28-27(34)35-17-23-21-9-5-3-7-19(21)20-8-4-6-10-22(20)23/h3-10,18,23-24H,11-17H2,1-2H3,(H,28,34)(H,31,32). The second kappa shape index (κ2) is 10.9. The summed E-state index contributed by atoms with van der Waals surface area (Å²) in [4.78, 5) is 40.6. The number of alkyl carbamates (subject to hydrolysis) is 1. The molecule has 0 aromatic heterocycles. The molecule has 1 atom stereocenters. The number of benzene rings is 2. The Morgan fingerprint density at radius 2 is 1.60 bits per heavy atom. The highest BCUT2D eigenvalue weighted by atomic mass is 16.5. The van der Waals surface area contributed by atoms with Gasteiger partial charge < -0.3 is 25.0 Å². The molecule has 2 aliphatic carbocycles. The molecule has 2 N–H and O–H groups in total. The Kier molecular flexibility index (Phi) is 7.70. The van der Waals surface area contributed by atoms with Crippen LogP contribution in [0.25, 0.3) is 11.1 Å². The first-order valence-corrected chi connectivity index (χ1v) is 12.1. The van der Waals surface area contributed by atoms with E-state index >= 15 is 0 Å². The van der Waals surface area contributed by atoms with Crippen molar-refractivity contribution in [3.63, 3.8) is 0 Å². The van der Waals surface area contributed by atoms with Crippen LogP contribution in [-0.4, -0.2) is 79.3 Å². The van der Waals surface area contributed by atoms with Gasteiger partial charge in [0.15, 0.2) is 0 Å². The number of hydrogen-bond donors (Lipinski definition) is 2. The summed E-state index contributed by atoms with van der Waals surface area (Å²) >= 11 is 0. The molecular weight excluding hydrogens is 446 g/mol. The van der Waals surface area contributed by atoms with Crippen LogP contribution in [0.15, 0.2) is 48.5 Å². The highest BCUT2D eigenvalue weighted by Gasteiger charge is 2.34. The Hall–Kier alpha value is -3.39. The second-order valence-corrected chi connectivity index (χ2v) is 9.66. The van der Waals surface area contributed by atoms with Gasteiger partial charge in [0.25, 0.3) is 0 Å². The summed E-state index contributed by atoms with van der Waals surface area (Å²) < 4.78 is 5.64. The molecular formula is C27H33N3O5. The Balaban J connectivity index is 1.42. The van der Waals surface area contributed by atoms with Gasteiger partial charge in [-0.2, -0.15) is 0 Å². The van der Waals surface area contributed by atoms with Crippen molar-refractivity contribution in [2.75, 3.05) is 40.3 Å². The van der Waals surface area contributed by atoms with Gasteiger partial charge in [0.1, 0.15) is 19.2 Å². The van der Waals surface area contributed by atoms with E-state index in [2.05, 4.69) is 29.6 Å². The minimum absolute atomic E-state index is 0.0747. The van der Waals surface area contributed by atoms with Gasteiger partial charge in [0.2, 0.25) is 5.91 Å². The van der Waals surface area contributed by atoms with E-state index in [-0.39, 0.29) is 25.0 Å². The van der Waals surface area contributed by atoms with Crippen LogP contribution in [0.1, 0.15) is 36.3 Å². The van der Waals surface area contributed by atoms with Crippen molar-refractivity contribution in [1.82, 2.24) is 15.1 Å². The maximum atomic E-state index is 13.3. The first-order chi connectivity index (χ1) is 16.8. The first kappa shape index (κ1) is 24.7. The molecule has 0 heterocycles. The summed E-state index contributed by atoms with van der Waals surface area (Å²) in [5.74, 6) is -1.18. The number of amides is 2. The number of hydrogen-bond acceptors (Lipinski definition) is 5. The molecule has 8 nitrogen and oxygen atoms in total. The van der Waals surface area contributed by atoms with Crippen molar-refractivity contribution in [1.29, 1.82) is 0 Å². The zero-order valence-corrected chi connectivity index (χ0v) is 20.3. The summed E-state index contributed by atoms with van der Waals surface area (Å²) in [6.45, 7) is 0.551. The van der Waals surface area contributed by atoms with E-state index in [1.807, 2.05) is 43.3 Å². The van der Waals surface area contributed by atoms with Crippen LogP contribution in [-0.2, 0) is 14.3 Å². The zero-order valence-electron chi connectivity index (χ0n) is 20.3. The van der Waals surface area contributed by atoms with E-state index in [0.717, 1.165) is 35.1 Å². The maximum Gasteiger partial charge on any atom is 0.407 e. The van der Waals surface area contributed by atoms with E-state index in [9.17, 15) is 19.5 Å². The van der Waals surface area contributed by atoms with Gasteiger partial charge >= 0.3 is 12.1 Å². The number of rotatable bonds is 11. The number of likely N-dealkylation sites (N-methyl/N-ethyl adjacent to an activating group) is 1. The third-order valence-corrected chi connectivity index (χ3v) is 6.65. The molecule has 0 aliphatic heterocycles. The molecule has 1 fully saturated rings. The number of ether oxygens (including phenoxy) is 1. The third-order valence-electron chi connectivity index (χ3n) is 6.65. The second-order valence-electron chi connectivity index (χ2n) is 9.66. The van der Waals surface area contributed by atoms with Crippen LogP contribution in [0.2, 0.25) is 0 Å². The van der Waals surface area contributed by atoms with Gasteiger partial charge in [-0.1, -0.05) is 61.4 Å². The van der Waals surface area contributed by atoms with Crippen molar-refractivity contribution in [3.8, 4) is 11.1 Å². The summed E-state index contributed by atoms with van der Waals surface area (Å²) in [5, 5.41) is 12.0. The van der Waals surface area contributed by atoms with E-state index < -0.39 is 24.6 Å². The molecule has 0 radical (unpaired) electrons. The third kappa shape index (κ3) is 6.19. The highest BCUT2D eigenvalue weighted by molar-refractivity contribution is 5.88. The van der Waals surface area contributed by atoms with E-state index in [1.54, 1.807) is 0 Å². The lowest BCUT2D eigenvalue weighted by Crippen LogP contribution is -2.51. The quantitative estimate of drug-likeness (QED) is 0.514. The average Bonchev–Trinajstić information content (AvgIpc) is 3.59. The Labute approximate surface area is 205 Å². The predicted octanol–water partition coefficient (Wildman–Crippen LogP) is 3.17. The Morgan fingerprint density at radius 3 is 2.14 bits per heavy atom. The fraction of sp³-hybridized carbons (Fsp3) is 0.444. The fourth-order valence-electron chi connectivity index (χ4n) is 4.66. The monoisotopic (exact) mass is 479 g/mol. The number of fused-ring (bicyclic) bond motifs is 3. The van der Waals surface area contributed by atoms with Crippen molar-refractivity contribution in [2.45, 2.75) is 31.2 Å². The smallest absolute Gasteiger partial charge is 0.407 e. The van der Waals surface area contributed by atoms with Crippen LogP contribution in [0.4, 0.5) is 4.79 Å². The summed E-state index contributed by atoms with van der Waals surface area (Å²) in [7, 11) is 3.72. The SMILES string of the molecule is CN(C)CCN(CC(=O)O)C(=O)C(CC1CC1)NC(=O)OCC1c2ccccc2-c2ccccc21.